The first-order valence-electron chi connectivity index (χ1n) is 6.63. The normalized spacial score (nSPS) is 10.3. The van der Waals surface area contributed by atoms with Crippen LogP contribution in [0.1, 0.15) is 20.2 Å². The molecule has 0 saturated heterocycles. The van der Waals surface area contributed by atoms with E-state index in [-0.39, 0.29) is 17.6 Å². The third-order valence-corrected chi connectivity index (χ3v) is 4.56. The lowest BCUT2D eigenvalue weighted by atomic mass is 10.3. The molecular formula is C16H11IN2O3S. The zero-order valence-electron chi connectivity index (χ0n) is 11.7. The molecule has 0 aliphatic carbocycles. The molecule has 5 nitrogen and oxygen atoms in total. The van der Waals surface area contributed by atoms with Crippen LogP contribution in [0, 0.1) is 3.57 Å². The van der Waals surface area contributed by atoms with Gasteiger partial charge in [0.15, 0.2) is 5.76 Å². The van der Waals surface area contributed by atoms with Crippen LogP contribution in [0.3, 0.4) is 0 Å². The van der Waals surface area contributed by atoms with Crippen molar-refractivity contribution in [2.75, 3.05) is 10.6 Å². The SMILES string of the molecule is O=C(Nc1ccc(C(=O)Nc2cccc(I)c2)s1)c1ccco1. The summed E-state index contributed by atoms with van der Waals surface area (Å²) in [6, 6.07) is 14.1. The Bertz CT molecular complexity index is 843. The molecule has 0 fully saturated rings. The highest BCUT2D eigenvalue weighted by molar-refractivity contribution is 14.1. The first-order valence-corrected chi connectivity index (χ1v) is 8.53. The molecule has 2 N–H and O–H groups in total. The van der Waals surface area contributed by atoms with E-state index < -0.39 is 0 Å². The summed E-state index contributed by atoms with van der Waals surface area (Å²) in [4.78, 5) is 24.6. The van der Waals surface area contributed by atoms with E-state index in [4.69, 9.17) is 4.42 Å². The Hall–Kier alpha value is -2.13. The lowest BCUT2D eigenvalue weighted by Crippen LogP contribution is -2.10. The zero-order chi connectivity index (χ0) is 16.2. The Labute approximate surface area is 149 Å². The lowest BCUT2D eigenvalue weighted by molar-refractivity contribution is 0.0995. The van der Waals surface area contributed by atoms with Crippen molar-refractivity contribution in [2.24, 2.45) is 0 Å². The molecular weight excluding hydrogens is 427 g/mol. The number of nitrogens with one attached hydrogen (secondary N) is 2. The van der Waals surface area contributed by atoms with Crippen molar-refractivity contribution >= 4 is 56.4 Å². The minimum absolute atomic E-state index is 0.213. The number of hydrogen-bond donors (Lipinski definition) is 2. The van der Waals surface area contributed by atoms with E-state index in [1.165, 1.54) is 17.6 Å². The quantitative estimate of drug-likeness (QED) is 0.592. The highest BCUT2D eigenvalue weighted by atomic mass is 127. The summed E-state index contributed by atoms with van der Waals surface area (Å²) < 4.78 is 6.06. The van der Waals surface area contributed by atoms with Crippen LogP contribution in [0.2, 0.25) is 0 Å². The molecule has 0 unspecified atom stereocenters. The standard InChI is InChI=1S/C16H11IN2O3S/c17-10-3-1-4-11(9-10)18-16(21)13-6-7-14(23-13)19-15(20)12-5-2-8-22-12/h1-9H,(H,18,21)(H,19,20). The number of rotatable bonds is 4. The molecule has 0 aliphatic rings. The minimum Gasteiger partial charge on any atom is -0.459 e. The average molecular weight is 438 g/mol. The van der Waals surface area contributed by atoms with Gasteiger partial charge < -0.3 is 15.1 Å². The second kappa shape index (κ2) is 6.97. The fourth-order valence-electron chi connectivity index (χ4n) is 1.87. The van der Waals surface area contributed by atoms with Gasteiger partial charge in [0.1, 0.15) is 0 Å². The fourth-order valence-corrected chi connectivity index (χ4v) is 3.21. The van der Waals surface area contributed by atoms with Gasteiger partial charge in [0, 0.05) is 9.26 Å². The van der Waals surface area contributed by atoms with Crippen molar-refractivity contribution in [1.29, 1.82) is 0 Å². The summed E-state index contributed by atoms with van der Waals surface area (Å²) in [5.41, 5.74) is 0.733. The summed E-state index contributed by atoms with van der Waals surface area (Å²) in [5.74, 6) is -0.333. The van der Waals surface area contributed by atoms with Crippen LogP contribution in [0.5, 0.6) is 0 Å². The highest BCUT2D eigenvalue weighted by Gasteiger charge is 2.13. The van der Waals surface area contributed by atoms with E-state index in [2.05, 4.69) is 33.2 Å². The maximum atomic E-state index is 12.2. The summed E-state index contributed by atoms with van der Waals surface area (Å²) in [6.07, 6.45) is 1.43. The van der Waals surface area contributed by atoms with Crippen LogP contribution in [-0.4, -0.2) is 11.8 Å². The lowest BCUT2D eigenvalue weighted by Gasteiger charge is -2.03. The minimum atomic E-state index is -0.346. The largest absolute Gasteiger partial charge is 0.459 e. The summed E-state index contributed by atoms with van der Waals surface area (Å²) in [5, 5.41) is 6.11. The van der Waals surface area contributed by atoms with E-state index >= 15 is 0 Å². The van der Waals surface area contributed by atoms with Crippen LogP contribution >= 0.6 is 33.9 Å². The molecule has 23 heavy (non-hydrogen) atoms. The van der Waals surface area contributed by atoms with E-state index in [0.717, 1.165) is 9.26 Å². The smallest absolute Gasteiger partial charge is 0.291 e. The highest BCUT2D eigenvalue weighted by Crippen LogP contribution is 2.24. The van der Waals surface area contributed by atoms with Crippen LogP contribution in [0.25, 0.3) is 0 Å². The number of hydrogen-bond acceptors (Lipinski definition) is 4. The van der Waals surface area contributed by atoms with Crippen molar-refractivity contribution in [3.63, 3.8) is 0 Å². The second-order valence-electron chi connectivity index (χ2n) is 4.56. The second-order valence-corrected chi connectivity index (χ2v) is 6.89. The molecule has 0 saturated carbocycles. The van der Waals surface area contributed by atoms with Crippen molar-refractivity contribution in [3.8, 4) is 0 Å². The maximum Gasteiger partial charge on any atom is 0.291 e. The molecule has 2 amide bonds. The molecule has 2 heterocycles. The first-order chi connectivity index (χ1) is 11.1. The maximum absolute atomic E-state index is 12.2. The molecule has 3 rings (SSSR count). The number of amides is 2. The van der Waals surface area contributed by atoms with Gasteiger partial charge in [0.25, 0.3) is 11.8 Å². The van der Waals surface area contributed by atoms with Crippen molar-refractivity contribution in [2.45, 2.75) is 0 Å². The van der Waals surface area contributed by atoms with Crippen molar-refractivity contribution in [1.82, 2.24) is 0 Å². The van der Waals surface area contributed by atoms with E-state index in [0.29, 0.717) is 9.88 Å². The van der Waals surface area contributed by atoms with Gasteiger partial charge in [-0.05, 0) is 65.1 Å². The molecule has 7 heteroatoms. The monoisotopic (exact) mass is 438 g/mol. The van der Waals surface area contributed by atoms with E-state index in [9.17, 15) is 9.59 Å². The number of carbonyl (C=O) groups is 2. The van der Waals surface area contributed by atoms with Gasteiger partial charge in [0.2, 0.25) is 0 Å². The number of halogens is 1. The van der Waals surface area contributed by atoms with Gasteiger partial charge in [-0.15, -0.1) is 11.3 Å². The molecule has 0 spiro atoms. The van der Waals surface area contributed by atoms with E-state index in [1.54, 1.807) is 24.3 Å². The fraction of sp³-hybridized carbons (Fsp3) is 0. The average Bonchev–Trinajstić information content (AvgIpc) is 3.18. The van der Waals surface area contributed by atoms with Gasteiger partial charge in [-0.2, -0.15) is 0 Å². The molecule has 116 valence electrons. The zero-order valence-corrected chi connectivity index (χ0v) is 14.7. The van der Waals surface area contributed by atoms with Gasteiger partial charge in [-0.25, -0.2) is 0 Å². The number of thiophene rings is 1. The molecule has 3 aromatic rings. The van der Waals surface area contributed by atoms with Gasteiger partial charge >= 0.3 is 0 Å². The summed E-state index contributed by atoms with van der Waals surface area (Å²) in [7, 11) is 0. The number of anilines is 2. The first kappa shape index (κ1) is 15.8. The van der Waals surface area contributed by atoms with Crippen molar-refractivity contribution < 1.29 is 14.0 Å². The van der Waals surface area contributed by atoms with Gasteiger partial charge in [-0.3, -0.25) is 9.59 Å². The molecule has 0 bridgehead atoms. The van der Waals surface area contributed by atoms with Crippen molar-refractivity contribution in [3.05, 3.63) is 69.0 Å². The van der Waals surface area contributed by atoms with E-state index in [1.807, 2.05) is 24.3 Å². The van der Waals surface area contributed by atoms with Crippen LogP contribution in [0.15, 0.2) is 59.2 Å². The predicted molar refractivity (Wildman–Crippen MR) is 98.1 cm³/mol. The summed E-state index contributed by atoms with van der Waals surface area (Å²) >= 11 is 3.39. The molecule has 1 aromatic carbocycles. The molecule has 0 aliphatic heterocycles. The molecule has 0 radical (unpaired) electrons. The topological polar surface area (TPSA) is 71.3 Å². The summed E-state index contributed by atoms with van der Waals surface area (Å²) in [6.45, 7) is 0. The number of furan rings is 1. The third kappa shape index (κ3) is 3.99. The van der Waals surface area contributed by atoms with Crippen LogP contribution in [-0.2, 0) is 0 Å². The Morgan fingerprint density at radius 1 is 1.00 bits per heavy atom. The number of benzene rings is 1. The predicted octanol–water partition coefficient (Wildman–Crippen LogP) is 4.45. The van der Waals surface area contributed by atoms with Crippen LogP contribution < -0.4 is 10.6 Å². The Balaban J connectivity index is 1.66. The Kier molecular flexibility index (Phi) is 4.77. The van der Waals surface area contributed by atoms with Gasteiger partial charge in [-0.1, -0.05) is 6.07 Å². The molecule has 2 aromatic heterocycles. The molecule has 0 atom stereocenters. The Morgan fingerprint density at radius 3 is 2.61 bits per heavy atom. The Morgan fingerprint density at radius 2 is 1.87 bits per heavy atom. The number of carbonyl (C=O) groups excluding carboxylic acids is 2. The van der Waals surface area contributed by atoms with Gasteiger partial charge in [0.05, 0.1) is 16.1 Å². The third-order valence-electron chi connectivity index (χ3n) is 2.89. The van der Waals surface area contributed by atoms with Crippen LogP contribution in [0.4, 0.5) is 10.7 Å².